The summed E-state index contributed by atoms with van der Waals surface area (Å²) in [4.78, 5) is 6.21. The third kappa shape index (κ3) is 4.76. The minimum absolute atomic E-state index is 0.535. The van der Waals surface area contributed by atoms with Gasteiger partial charge in [-0.15, -0.1) is 11.3 Å². The first-order valence-electron chi connectivity index (χ1n) is 6.73. The highest BCUT2D eigenvalue weighted by molar-refractivity contribution is 7.11. The minimum atomic E-state index is 0.535. The van der Waals surface area contributed by atoms with E-state index < -0.39 is 0 Å². The highest BCUT2D eigenvalue weighted by Crippen LogP contribution is 2.25. The number of rotatable bonds is 7. The molecular formula is C14H26N2S. The van der Waals surface area contributed by atoms with Gasteiger partial charge in [-0.1, -0.05) is 34.6 Å². The summed E-state index contributed by atoms with van der Waals surface area (Å²) in [6, 6.07) is 0. The molecule has 0 radical (unpaired) electrons. The van der Waals surface area contributed by atoms with E-state index >= 15 is 0 Å². The second-order valence-corrected chi connectivity index (χ2v) is 6.51. The molecule has 3 heteroatoms. The predicted octanol–water partition coefficient (Wildman–Crippen LogP) is 3.96. The van der Waals surface area contributed by atoms with E-state index in [1.165, 1.54) is 22.0 Å². The monoisotopic (exact) mass is 254 g/mol. The zero-order chi connectivity index (χ0) is 12.8. The van der Waals surface area contributed by atoms with Crippen molar-refractivity contribution in [2.45, 2.75) is 59.9 Å². The Morgan fingerprint density at radius 2 is 1.94 bits per heavy atom. The first kappa shape index (κ1) is 14.7. The number of aryl methyl sites for hydroxylation is 1. The molecule has 0 bridgehead atoms. The lowest BCUT2D eigenvalue weighted by molar-refractivity contribution is 0.552. The molecule has 0 spiro atoms. The van der Waals surface area contributed by atoms with Gasteiger partial charge < -0.3 is 5.32 Å². The van der Waals surface area contributed by atoms with Crippen molar-refractivity contribution in [2.75, 3.05) is 6.54 Å². The fraction of sp³-hybridized carbons (Fsp3) is 0.786. The van der Waals surface area contributed by atoms with Gasteiger partial charge in [0.2, 0.25) is 0 Å². The summed E-state index contributed by atoms with van der Waals surface area (Å²) in [5, 5.41) is 4.83. The number of nitrogens with one attached hydrogen (secondary N) is 1. The molecule has 1 aromatic heterocycles. The van der Waals surface area contributed by atoms with Crippen LogP contribution in [-0.4, -0.2) is 11.5 Å². The lowest BCUT2D eigenvalue weighted by Crippen LogP contribution is -2.19. The second-order valence-electron chi connectivity index (χ2n) is 5.35. The summed E-state index contributed by atoms with van der Waals surface area (Å²) in [5.74, 6) is 1.24. The molecule has 0 atom stereocenters. The Morgan fingerprint density at radius 3 is 2.47 bits per heavy atom. The average molecular weight is 254 g/mol. The Hall–Kier alpha value is -0.410. The van der Waals surface area contributed by atoms with Crippen molar-refractivity contribution >= 4 is 11.3 Å². The van der Waals surface area contributed by atoms with Crippen LogP contribution in [0.25, 0.3) is 0 Å². The third-order valence-electron chi connectivity index (χ3n) is 2.62. The van der Waals surface area contributed by atoms with E-state index in [4.69, 9.17) is 4.98 Å². The van der Waals surface area contributed by atoms with Crippen LogP contribution in [0.4, 0.5) is 0 Å². The smallest absolute Gasteiger partial charge is 0.0931 e. The number of nitrogens with zero attached hydrogens (tertiary/aromatic N) is 1. The van der Waals surface area contributed by atoms with Crippen LogP contribution in [0.1, 0.15) is 62.5 Å². The number of hydrogen-bond donors (Lipinski definition) is 1. The van der Waals surface area contributed by atoms with Crippen LogP contribution >= 0.6 is 11.3 Å². The van der Waals surface area contributed by atoms with Crippen molar-refractivity contribution < 1.29 is 0 Å². The first-order chi connectivity index (χ1) is 8.04. The van der Waals surface area contributed by atoms with Gasteiger partial charge in [0.05, 0.1) is 10.7 Å². The molecule has 1 rings (SSSR count). The topological polar surface area (TPSA) is 24.9 Å². The fourth-order valence-electron chi connectivity index (χ4n) is 1.79. The SMILES string of the molecule is CCCc1nc(C(C)C)c(CNCC(C)C)s1. The molecule has 1 aromatic rings. The maximum atomic E-state index is 4.78. The molecular weight excluding hydrogens is 228 g/mol. The molecule has 0 saturated carbocycles. The summed E-state index contributed by atoms with van der Waals surface area (Å²) in [7, 11) is 0. The zero-order valence-corrected chi connectivity index (χ0v) is 12.7. The van der Waals surface area contributed by atoms with Gasteiger partial charge in [0.15, 0.2) is 0 Å². The van der Waals surface area contributed by atoms with Gasteiger partial charge in [-0.25, -0.2) is 4.98 Å². The van der Waals surface area contributed by atoms with Crippen molar-refractivity contribution in [1.29, 1.82) is 0 Å². The minimum Gasteiger partial charge on any atom is -0.312 e. The molecule has 1 N–H and O–H groups in total. The number of thiazole rings is 1. The van der Waals surface area contributed by atoms with E-state index in [1.807, 2.05) is 11.3 Å². The molecule has 2 nitrogen and oxygen atoms in total. The van der Waals surface area contributed by atoms with E-state index in [2.05, 4.69) is 39.9 Å². The Kier molecular flexibility index (Phi) is 6.14. The summed E-state index contributed by atoms with van der Waals surface area (Å²) >= 11 is 1.89. The van der Waals surface area contributed by atoms with Gasteiger partial charge in [-0.3, -0.25) is 0 Å². The molecule has 0 saturated heterocycles. The Morgan fingerprint density at radius 1 is 1.24 bits per heavy atom. The largest absolute Gasteiger partial charge is 0.312 e. The molecule has 1 heterocycles. The van der Waals surface area contributed by atoms with Crippen LogP contribution in [0, 0.1) is 5.92 Å². The molecule has 0 aliphatic heterocycles. The van der Waals surface area contributed by atoms with Crippen LogP contribution in [0.3, 0.4) is 0 Å². The molecule has 0 amide bonds. The number of aromatic nitrogens is 1. The highest BCUT2D eigenvalue weighted by Gasteiger charge is 2.13. The summed E-state index contributed by atoms with van der Waals surface area (Å²) < 4.78 is 0. The van der Waals surface area contributed by atoms with Crippen LogP contribution < -0.4 is 5.32 Å². The molecule has 0 aliphatic rings. The fourth-order valence-corrected chi connectivity index (χ4v) is 3.08. The first-order valence-corrected chi connectivity index (χ1v) is 7.55. The van der Waals surface area contributed by atoms with Crippen molar-refractivity contribution in [3.05, 3.63) is 15.6 Å². The highest BCUT2D eigenvalue weighted by atomic mass is 32.1. The Bertz CT molecular complexity index is 329. The van der Waals surface area contributed by atoms with Gasteiger partial charge in [0, 0.05) is 11.4 Å². The normalized spacial score (nSPS) is 11.7. The van der Waals surface area contributed by atoms with E-state index in [1.54, 1.807) is 0 Å². The van der Waals surface area contributed by atoms with Crippen LogP contribution in [0.2, 0.25) is 0 Å². The van der Waals surface area contributed by atoms with Crippen LogP contribution in [-0.2, 0) is 13.0 Å². The molecule has 0 aromatic carbocycles. The zero-order valence-electron chi connectivity index (χ0n) is 11.8. The Balaban J connectivity index is 2.67. The maximum Gasteiger partial charge on any atom is 0.0931 e. The lowest BCUT2D eigenvalue weighted by atomic mass is 10.1. The van der Waals surface area contributed by atoms with Crippen molar-refractivity contribution in [1.82, 2.24) is 10.3 Å². The molecule has 0 unspecified atom stereocenters. The van der Waals surface area contributed by atoms with Crippen LogP contribution in [0.5, 0.6) is 0 Å². The summed E-state index contributed by atoms with van der Waals surface area (Å²) in [6.45, 7) is 13.2. The van der Waals surface area contributed by atoms with Gasteiger partial charge in [-0.2, -0.15) is 0 Å². The Labute approximate surface area is 110 Å². The maximum absolute atomic E-state index is 4.78. The van der Waals surface area contributed by atoms with Gasteiger partial charge in [-0.05, 0) is 31.2 Å². The van der Waals surface area contributed by atoms with Crippen molar-refractivity contribution in [3.63, 3.8) is 0 Å². The number of hydrogen-bond acceptors (Lipinski definition) is 3. The molecule has 98 valence electrons. The lowest BCUT2D eigenvalue weighted by Gasteiger charge is -2.08. The predicted molar refractivity (Wildman–Crippen MR) is 76.7 cm³/mol. The quantitative estimate of drug-likeness (QED) is 0.796. The van der Waals surface area contributed by atoms with E-state index in [-0.39, 0.29) is 0 Å². The molecule has 0 aliphatic carbocycles. The van der Waals surface area contributed by atoms with Gasteiger partial charge in [0.1, 0.15) is 0 Å². The van der Waals surface area contributed by atoms with E-state index in [9.17, 15) is 0 Å². The summed E-state index contributed by atoms with van der Waals surface area (Å²) in [6.07, 6.45) is 2.30. The van der Waals surface area contributed by atoms with Crippen molar-refractivity contribution in [3.8, 4) is 0 Å². The second kappa shape index (κ2) is 7.12. The van der Waals surface area contributed by atoms with Crippen molar-refractivity contribution in [2.24, 2.45) is 5.92 Å². The molecule has 0 fully saturated rings. The third-order valence-corrected chi connectivity index (χ3v) is 3.75. The van der Waals surface area contributed by atoms with Gasteiger partial charge in [0.25, 0.3) is 0 Å². The summed E-state index contributed by atoms with van der Waals surface area (Å²) in [5.41, 5.74) is 1.30. The standard InChI is InChI=1S/C14H26N2S/c1-6-7-13-16-14(11(4)5)12(17-13)9-15-8-10(2)3/h10-11,15H,6-9H2,1-5H3. The van der Waals surface area contributed by atoms with Crippen LogP contribution in [0.15, 0.2) is 0 Å². The average Bonchev–Trinajstić information content (AvgIpc) is 2.61. The molecule has 17 heavy (non-hydrogen) atoms. The van der Waals surface area contributed by atoms with Gasteiger partial charge >= 0.3 is 0 Å². The van der Waals surface area contributed by atoms with E-state index in [0.29, 0.717) is 11.8 Å². The van der Waals surface area contributed by atoms with E-state index in [0.717, 1.165) is 19.5 Å².